The van der Waals surface area contributed by atoms with Crippen LogP contribution in [0.4, 0.5) is 4.79 Å². The number of likely N-dealkylation sites (N-methyl/N-ethyl adjacent to an activating group) is 1. The first-order valence-corrected chi connectivity index (χ1v) is 5.95. The Morgan fingerprint density at radius 2 is 2.00 bits per heavy atom. The van der Waals surface area contributed by atoms with Crippen molar-refractivity contribution in [2.24, 2.45) is 0 Å². The molecule has 1 saturated heterocycles. The van der Waals surface area contributed by atoms with Crippen LogP contribution < -0.4 is 5.32 Å². The van der Waals surface area contributed by atoms with Gasteiger partial charge in [-0.1, -0.05) is 0 Å². The molecule has 17 heavy (non-hydrogen) atoms. The number of carbonyl (C=O) groups is 2. The predicted molar refractivity (Wildman–Crippen MR) is 63.9 cm³/mol. The SMILES string of the molecule is CC(CC(=O)O)NC(=O)N1CCCN(C)CC1. The maximum atomic E-state index is 11.9. The lowest BCUT2D eigenvalue weighted by Gasteiger charge is -2.23. The molecule has 0 radical (unpaired) electrons. The molecule has 2 N–H and O–H groups in total. The first kappa shape index (κ1) is 13.8. The Morgan fingerprint density at radius 3 is 2.65 bits per heavy atom. The number of carboxylic acid groups (broad SMARTS) is 1. The minimum atomic E-state index is -0.895. The average molecular weight is 243 g/mol. The zero-order valence-corrected chi connectivity index (χ0v) is 10.5. The van der Waals surface area contributed by atoms with Crippen LogP contribution in [-0.4, -0.2) is 66.2 Å². The third kappa shape index (κ3) is 5.04. The van der Waals surface area contributed by atoms with Gasteiger partial charge < -0.3 is 20.2 Å². The Bertz CT molecular complexity index is 283. The number of hydrogen-bond acceptors (Lipinski definition) is 3. The molecule has 0 aromatic heterocycles. The molecule has 0 aromatic carbocycles. The first-order valence-electron chi connectivity index (χ1n) is 5.95. The number of nitrogens with zero attached hydrogens (tertiary/aromatic N) is 2. The van der Waals surface area contributed by atoms with E-state index in [0.29, 0.717) is 6.54 Å². The summed E-state index contributed by atoms with van der Waals surface area (Å²) in [5.74, 6) is -0.895. The van der Waals surface area contributed by atoms with Gasteiger partial charge in [0.15, 0.2) is 0 Å². The summed E-state index contributed by atoms with van der Waals surface area (Å²) in [6.07, 6.45) is 0.913. The lowest BCUT2D eigenvalue weighted by Crippen LogP contribution is -2.45. The molecule has 1 fully saturated rings. The second-order valence-corrected chi connectivity index (χ2v) is 4.59. The highest BCUT2D eigenvalue weighted by atomic mass is 16.4. The molecule has 0 saturated carbocycles. The van der Waals surface area contributed by atoms with Crippen molar-refractivity contribution in [3.8, 4) is 0 Å². The summed E-state index contributed by atoms with van der Waals surface area (Å²) in [7, 11) is 2.04. The summed E-state index contributed by atoms with van der Waals surface area (Å²) in [4.78, 5) is 26.3. The molecule has 1 rings (SSSR count). The van der Waals surface area contributed by atoms with E-state index in [1.165, 1.54) is 0 Å². The van der Waals surface area contributed by atoms with Crippen LogP contribution in [0.15, 0.2) is 0 Å². The zero-order valence-electron chi connectivity index (χ0n) is 10.5. The van der Waals surface area contributed by atoms with E-state index < -0.39 is 5.97 Å². The van der Waals surface area contributed by atoms with Gasteiger partial charge in [-0.15, -0.1) is 0 Å². The smallest absolute Gasteiger partial charge is 0.317 e. The van der Waals surface area contributed by atoms with E-state index >= 15 is 0 Å². The molecular weight excluding hydrogens is 222 g/mol. The van der Waals surface area contributed by atoms with Gasteiger partial charge in [0.1, 0.15) is 0 Å². The number of nitrogens with one attached hydrogen (secondary N) is 1. The van der Waals surface area contributed by atoms with Crippen LogP contribution >= 0.6 is 0 Å². The molecule has 0 aromatic rings. The third-order valence-electron chi connectivity index (χ3n) is 2.86. The van der Waals surface area contributed by atoms with Crippen molar-refractivity contribution in [3.05, 3.63) is 0 Å². The predicted octanol–water partition coefficient (Wildman–Crippen LogP) is 0.197. The number of aliphatic carboxylic acids is 1. The van der Waals surface area contributed by atoms with Crippen molar-refractivity contribution in [2.45, 2.75) is 25.8 Å². The van der Waals surface area contributed by atoms with Gasteiger partial charge in [-0.3, -0.25) is 4.79 Å². The fourth-order valence-corrected chi connectivity index (χ4v) is 1.86. The molecular formula is C11H21N3O3. The van der Waals surface area contributed by atoms with Gasteiger partial charge in [0.05, 0.1) is 6.42 Å². The number of carboxylic acids is 1. The zero-order chi connectivity index (χ0) is 12.8. The summed E-state index contributed by atoms with van der Waals surface area (Å²) < 4.78 is 0. The Morgan fingerprint density at radius 1 is 1.29 bits per heavy atom. The van der Waals surface area contributed by atoms with Crippen molar-refractivity contribution in [3.63, 3.8) is 0 Å². The van der Waals surface area contributed by atoms with Gasteiger partial charge in [0.2, 0.25) is 0 Å². The molecule has 1 unspecified atom stereocenters. The minimum absolute atomic E-state index is 0.0422. The van der Waals surface area contributed by atoms with E-state index in [9.17, 15) is 9.59 Å². The van der Waals surface area contributed by atoms with E-state index in [1.54, 1.807) is 11.8 Å². The van der Waals surface area contributed by atoms with Gasteiger partial charge in [0.25, 0.3) is 0 Å². The fourth-order valence-electron chi connectivity index (χ4n) is 1.86. The van der Waals surface area contributed by atoms with Crippen LogP contribution in [0.2, 0.25) is 0 Å². The average Bonchev–Trinajstić information content (AvgIpc) is 2.41. The number of amides is 2. The molecule has 1 aliphatic heterocycles. The number of urea groups is 1. The highest BCUT2D eigenvalue weighted by Gasteiger charge is 2.19. The molecule has 98 valence electrons. The highest BCUT2D eigenvalue weighted by Crippen LogP contribution is 2.02. The molecule has 6 heteroatoms. The molecule has 0 bridgehead atoms. The molecule has 1 aliphatic rings. The molecule has 2 amide bonds. The van der Waals surface area contributed by atoms with E-state index in [-0.39, 0.29) is 18.5 Å². The Kier molecular flexibility index (Phi) is 5.21. The van der Waals surface area contributed by atoms with Crippen LogP contribution in [0.5, 0.6) is 0 Å². The third-order valence-corrected chi connectivity index (χ3v) is 2.86. The molecule has 1 atom stereocenters. The van der Waals surface area contributed by atoms with Gasteiger partial charge >= 0.3 is 12.0 Å². The van der Waals surface area contributed by atoms with Crippen LogP contribution in [-0.2, 0) is 4.79 Å². The van der Waals surface area contributed by atoms with Crippen molar-refractivity contribution in [2.75, 3.05) is 33.2 Å². The number of rotatable bonds is 3. The topological polar surface area (TPSA) is 72.9 Å². The van der Waals surface area contributed by atoms with Crippen LogP contribution in [0.1, 0.15) is 19.8 Å². The minimum Gasteiger partial charge on any atom is -0.481 e. The lowest BCUT2D eigenvalue weighted by atomic mass is 10.2. The second kappa shape index (κ2) is 6.44. The largest absolute Gasteiger partial charge is 0.481 e. The standard InChI is InChI=1S/C11H21N3O3/c1-9(8-10(15)16)12-11(17)14-5-3-4-13(2)6-7-14/h9H,3-8H2,1-2H3,(H,12,17)(H,15,16). The Hall–Kier alpha value is -1.30. The van der Waals surface area contributed by atoms with E-state index in [1.807, 2.05) is 7.05 Å². The van der Waals surface area contributed by atoms with Crippen LogP contribution in [0.25, 0.3) is 0 Å². The summed E-state index contributed by atoms with van der Waals surface area (Å²) in [6, 6.07) is -0.491. The lowest BCUT2D eigenvalue weighted by molar-refractivity contribution is -0.137. The Balaban J connectivity index is 2.38. The molecule has 0 spiro atoms. The van der Waals surface area contributed by atoms with Crippen LogP contribution in [0, 0.1) is 0 Å². The monoisotopic (exact) mass is 243 g/mol. The first-order chi connectivity index (χ1) is 7.99. The fraction of sp³-hybridized carbons (Fsp3) is 0.818. The van der Waals surface area contributed by atoms with E-state index in [4.69, 9.17) is 5.11 Å². The summed E-state index contributed by atoms with van der Waals surface area (Å²) in [6.45, 7) is 4.99. The van der Waals surface area contributed by atoms with Gasteiger partial charge in [-0.2, -0.15) is 0 Å². The maximum Gasteiger partial charge on any atom is 0.317 e. The van der Waals surface area contributed by atoms with Crippen molar-refractivity contribution in [1.29, 1.82) is 0 Å². The quantitative estimate of drug-likeness (QED) is 0.742. The summed E-state index contributed by atoms with van der Waals surface area (Å²) in [5.41, 5.74) is 0. The summed E-state index contributed by atoms with van der Waals surface area (Å²) >= 11 is 0. The van der Waals surface area contributed by atoms with Crippen molar-refractivity contribution < 1.29 is 14.7 Å². The summed E-state index contributed by atoms with van der Waals surface area (Å²) in [5, 5.41) is 11.3. The molecule has 6 nitrogen and oxygen atoms in total. The van der Waals surface area contributed by atoms with Gasteiger partial charge in [-0.25, -0.2) is 4.79 Å². The number of hydrogen-bond donors (Lipinski definition) is 2. The normalized spacial score (nSPS) is 19.5. The van der Waals surface area contributed by atoms with E-state index in [2.05, 4.69) is 10.2 Å². The molecule has 1 heterocycles. The highest BCUT2D eigenvalue weighted by molar-refractivity contribution is 5.75. The number of carbonyl (C=O) groups excluding carboxylic acids is 1. The molecule has 0 aliphatic carbocycles. The van der Waals surface area contributed by atoms with Gasteiger partial charge in [0, 0.05) is 25.7 Å². The van der Waals surface area contributed by atoms with E-state index in [0.717, 1.165) is 26.1 Å². The van der Waals surface area contributed by atoms with Crippen molar-refractivity contribution in [1.82, 2.24) is 15.1 Å². The second-order valence-electron chi connectivity index (χ2n) is 4.59. The van der Waals surface area contributed by atoms with Crippen LogP contribution in [0.3, 0.4) is 0 Å². The Labute approximate surface area is 102 Å². The van der Waals surface area contributed by atoms with Gasteiger partial charge in [-0.05, 0) is 26.9 Å². The maximum absolute atomic E-state index is 11.9. The van der Waals surface area contributed by atoms with Crippen molar-refractivity contribution >= 4 is 12.0 Å².